The average molecular weight is 391 g/mol. The van der Waals surface area contributed by atoms with Gasteiger partial charge in [0.15, 0.2) is 0 Å². The van der Waals surface area contributed by atoms with Crippen LogP contribution in [0.1, 0.15) is 37.7 Å². The zero-order chi connectivity index (χ0) is 20.5. The van der Waals surface area contributed by atoms with Crippen LogP contribution in [0.4, 0.5) is 0 Å². The van der Waals surface area contributed by atoms with Gasteiger partial charge in [0.25, 0.3) is 0 Å². The Bertz CT molecular complexity index is 667. The number of carbonyl (C=O) groups is 3. The lowest BCUT2D eigenvalue weighted by atomic mass is 10.0. The van der Waals surface area contributed by atoms with Crippen LogP contribution in [-0.2, 0) is 20.8 Å². The number of benzene rings is 1. The van der Waals surface area contributed by atoms with E-state index in [0.29, 0.717) is 51.6 Å². The van der Waals surface area contributed by atoms with Gasteiger partial charge in [0.05, 0.1) is 6.04 Å². The number of amides is 1. The number of hydrogen-bond acceptors (Lipinski definition) is 5. The summed E-state index contributed by atoms with van der Waals surface area (Å²) < 4.78 is 0. The summed E-state index contributed by atoms with van der Waals surface area (Å²) in [6, 6.07) is 7.03. The largest absolute Gasteiger partial charge is 0.480 e. The molecule has 5 N–H and O–H groups in total. The first-order valence-corrected chi connectivity index (χ1v) is 9.70. The number of hydrogen-bond donors (Lipinski definition) is 4. The summed E-state index contributed by atoms with van der Waals surface area (Å²) in [5, 5.41) is 21.9. The maximum absolute atomic E-state index is 13.0. The second-order valence-corrected chi connectivity index (χ2v) is 7.09. The standard InChI is InChI=1S/C20H29N3O5/c21-12-4-8-15(18(24)23-13-5-9-17(23)20(27)28)22-16(19(25)26)11-10-14-6-2-1-3-7-14/h1-3,6-7,15-17,22H,4-5,8-13,21H2,(H,25,26)(H,27,28)/t15-,16-,17-/m0/s1. The van der Waals surface area contributed by atoms with E-state index in [9.17, 15) is 24.6 Å². The van der Waals surface area contributed by atoms with Crippen LogP contribution in [0.2, 0.25) is 0 Å². The van der Waals surface area contributed by atoms with E-state index in [1.165, 1.54) is 4.90 Å². The quantitative estimate of drug-likeness (QED) is 0.439. The minimum atomic E-state index is -1.03. The summed E-state index contributed by atoms with van der Waals surface area (Å²) >= 11 is 0. The van der Waals surface area contributed by atoms with Crippen LogP contribution in [0.3, 0.4) is 0 Å². The Balaban J connectivity index is 2.07. The second kappa shape index (κ2) is 10.8. The van der Waals surface area contributed by atoms with Crippen molar-refractivity contribution in [2.24, 2.45) is 5.73 Å². The summed E-state index contributed by atoms with van der Waals surface area (Å²) in [5.41, 5.74) is 6.59. The second-order valence-electron chi connectivity index (χ2n) is 7.09. The molecule has 0 aromatic heterocycles. The van der Waals surface area contributed by atoms with Gasteiger partial charge in [-0.05, 0) is 50.6 Å². The molecule has 1 amide bonds. The molecule has 1 heterocycles. The van der Waals surface area contributed by atoms with Crippen LogP contribution in [0, 0.1) is 0 Å². The Morgan fingerprint density at radius 1 is 1.14 bits per heavy atom. The number of carboxylic acid groups (broad SMARTS) is 2. The third-order valence-electron chi connectivity index (χ3n) is 5.08. The molecule has 1 aliphatic heterocycles. The molecule has 1 aliphatic rings. The molecule has 0 radical (unpaired) electrons. The van der Waals surface area contributed by atoms with Gasteiger partial charge in [0.1, 0.15) is 12.1 Å². The molecule has 154 valence electrons. The molecule has 0 spiro atoms. The van der Waals surface area contributed by atoms with Gasteiger partial charge in [0, 0.05) is 6.54 Å². The topological polar surface area (TPSA) is 133 Å². The average Bonchev–Trinajstić information content (AvgIpc) is 3.17. The molecule has 0 bridgehead atoms. The summed E-state index contributed by atoms with van der Waals surface area (Å²) in [6.07, 6.45) is 2.84. The lowest BCUT2D eigenvalue weighted by Crippen LogP contribution is -2.54. The number of carbonyl (C=O) groups excluding carboxylic acids is 1. The van der Waals surface area contributed by atoms with Gasteiger partial charge < -0.3 is 20.8 Å². The van der Waals surface area contributed by atoms with Crippen molar-refractivity contribution in [3.63, 3.8) is 0 Å². The highest BCUT2D eigenvalue weighted by Gasteiger charge is 2.38. The number of nitrogens with zero attached hydrogens (tertiary/aromatic N) is 1. The van der Waals surface area contributed by atoms with Crippen LogP contribution in [-0.4, -0.2) is 64.2 Å². The Kier molecular flexibility index (Phi) is 8.41. The number of aliphatic carboxylic acids is 2. The number of aryl methyl sites for hydroxylation is 1. The molecule has 2 rings (SSSR count). The van der Waals surface area contributed by atoms with E-state index in [2.05, 4.69) is 5.32 Å². The zero-order valence-electron chi connectivity index (χ0n) is 15.9. The van der Waals surface area contributed by atoms with Crippen LogP contribution in [0.25, 0.3) is 0 Å². The Morgan fingerprint density at radius 2 is 1.86 bits per heavy atom. The smallest absolute Gasteiger partial charge is 0.326 e. The lowest BCUT2D eigenvalue weighted by Gasteiger charge is -2.29. The summed E-state index contributed by atoms with van der Waals surface area (Å²) in [4.78, 5) is 37.5. The normalized spacial score (nSPS) is 18.6. The van der Waals surface area contributed by atoms with E-state index in [4.69, 9.17) is 5.73 Å². The molecule has 8 nitrogen and oxygen atoms in total. The zero-order valence-corrected chi connectivity index (χ0v) is 15.9. The molecular formula is C20H29N3O5. The third kappa shape index (κ3) is 6.03. The van der Waals surface area contributed by atoms with E-state index < -0.39 is 30.1 Å². The van der Waals surface area contributed by atoms with Crippen molar-refractivity contribution in [1.29, 1.82) is 0 Å². The van der Waals surface area contributed by atoms with Gasteiger partial charge in [0.2, 0.25) is 5.91 Å². The minimum Gasteiger partial charge on any atom is -0.480 e. The molecular weight excluding hydrogens is 362 g/mol. The van der Waals surface area contributed by atoms with Gasteiger partial charge in [-0.2, -0.15) is 0 Å². The predicted octanol–water partition coefficient (Wildman–Crippen LogP) is 0.845. The molecule has 1 saturated heterocycles. The molecule has 1 aromatic rings. The fraction of sp³-hybridized carbons (Fsp3) is 0.550. The van der Waals surface area contributed by atoms with Crippen LogP contribution < -0.4 is 11.1 Å². The molecule has 3 atom stereocenters. The minimum absolute atomic E-state index is 0.327. The summed E-state index contributed by atoms with van der Waals surface area (Å²) in [5.74, 6) is -2.41. The van der Waals surface area contributed by atoms with E-state index in [1.54, 1.807) is 0 Å². The van der Waals surface area contributed by atoms with Gasteiger partial charge >= 0.3 is 11.9 Å². The van der Waals surface area contributed by atoms with Crippen molar-refractivity contribution in [3.05, 3.63) is 35.9 Å². The van der Waals surface area contributed by atoms with Crippen molar-refractivity contribution in [2.45, 2.75) is 56.7 Å². The summed E-state index contributed by atoms with van der Waals surface area (Å²) in [6.45, 7) is 0.744. The first-order valence-electron chi connectivity index (χ1n) is 9.70. The molecule has 28 heavy (non-hydrogen) atoms. The number of nitrogens with two attached hydrogens (primary N) is 1. The van der Waals surface area contributed by atoms with Crippen molar-refractivity contribution < 1.29 is 24.6 Å². The van der Waals surface area contributed by atoms with Crippen molar-refractivity contribution in [2.75, 3.05) is 13.1 Å². The van der Waals surface area contributed by atoms with Crippen LogP contribution in [0.5, 0.6) is 0 Å². The Hall–Kier alpha value is -2.45. The molecule has 0 aliphatic carbocycles. The third-order valence-corrected chi connectivity index (χ3v) is 5.08. The number of likely N-dealkylation sites (tertiary alicyclic amines) is 1. The van der Waals surface area contributed by atoms with E-state index in [1.807, 2.05) is 30.3 Å². The molecule has 1 fully saturated rings. The summed E-state index contributed by atoms with van der Waals surface area (Å²) in [7, 11) is 0. The maximum Gasteiger partial charge on any atom is 0.326 e. The number of nitrogens with one attached hydrogen (secondary N) is 1. The van der Waals surface area contributed by atoms with E-state index in [-0.39, 0.29) is 5.91 Å². The van der Waals surface area contributed by atoms with Gasteiger partial charge in [-0.1, -0.05) is 30.3 Å². The maximum atomic E-state index is 13.0. The molecule has 8 heteroatoms. The highest BCUT2D eigenvalue weighted by Crippen LogP contribution is 2.20. The first-order chi connectivity index (χ1) is 13.4. The lowest BCUT2D eigenvalue weighted by molar-refractivity contribution is -0.149. The molecule has 0 unspecified atom stereocenters. The van der Waals surface area contributed by atoms with E-state index >= 15 is 0 Å². The highest BCUT2D eigenvalue weighted by molar-refractivity contribution is 5.88. The first kappa shape index (κ1) is 21.8. The van der Waals surface area contributed by atoms with Gasteiger partial charge in [-0.3, -0.25) is 14.9 Å². The van der Waals surface area contributed by atoms with Gasteiger partial charge in [-0.25, -0.2) is 4.79 Å². The van der Waals surface area contributed by atoms with Gasteiger partial charge in [-0.15, -0.1) is 0 Å². The number of rotatable bonds is 11. The van der Waals surface area contributed by atoms with Crippen molar-refractivity contribution in [1.82, 2.24) is 10.2 Å². The van der Waals surface area contributed by atoms with E-state index in [0.717, 1.165) is 5.56 Å². The fourth-order valence-corrected chi connectivity index (χ4v) is 3.56. The molecule has 1 aromatic carbocycles. The van der Waals surface area contributed by atoms with Crippen molar-refractivity contribution >= 4 is 17.8 Å². The van der Waals surface area contributed by atoms with Crippen LogP contribution >= 0.6 is 0 Å². The Labute approximate surface area is 164 Å². The monoisotopic (exact) mass is 391 g/mol. The molecule has 0 saturated carbocycles. The van der Waals surface area contributed by atoms with Crippen LogP contribution in [0.15, 0.2) is 30.3 Å². The number of carboxylic acids is 2. The Morgan fingerprint density at radius 3 is 2.46 bits per heavy atom. The predicted molar refractivity (Wildman–Crippen MR) is 104 cm³/mol. The van der Waals surface area contributed by atoms with Crippen molar-refractivity contribution in [3.8, 4) is 0 Å². The highest BCUT2D eigenvalue weighted by atomic mass is 16.4. The SMILES string of the molecule is NCCC[C@H](N[C@@H](CCc1ccccc1)C(=O)O)C(=O)N1CCC[C@H]1C(=O)O. The fourth-order valence-electron chi connectivity index (χ4n) is 3.56.